The fourth-order valence-corrected chi connectivity index (χ4v) is 2.50. The molecule has 0 heterocycles. The zero-order valence-corrected chi connectivity index (χ0v) is 14.0. The van der Waals surface area contributed by atoms with Crippen molar-refractivity contribution in [3.05, 3.63) is 23.3 Å². The van der Waals surface area contributed by atoms with E-state index < -0.39 is 11.6 Å². The summed E-state index contributed by atoms with van der Waals surface area (Å²) in [5, 5.41) is 9.25. The van der Waals surface area contributed by atoms with Crippen LogP contribution in [-0.2, 0) is 11.2 Å². The molecule has 0 radical (unpaired) electrons. The van der Waals surface area contributed by atoms with Crippen LogP contribution in [0.25, 0.3) is 0 Å². The maximum absolute atomic E-state index is 11.9. The number of ketones is 1. The van der Waals surface area contributed by atoms with Gasteiger partial charge >= 0.3 is 5.97 Å². The molecule has 5 heteroatoms. The zero-order valence-electron chi connectivity index (χ0n) is 14.0. The molecule has 0 unspecified atom stereocenters. The van der Waals surface area contributed by atoms with Gasteiger partial charge in [0.15, 0.2) is 22.9 Å². The largest absolute Gasteiger partial charge is 0.490 e. The van der Waals surface area contributed by atoms with Crippen molar-refractivity contribution < 1.29 is 24.2 Å². The molecule has 0 saturated heterocycles. The van der Waals surface area contributed by atoms with Crippen LogP contribution in [0.15, 0.2) is 12.1 Å². The molecule has 0 fully saturated rings. The van der Waals surface area contributed by atoms with Gasteiger partial charge in [0.1, 0.15) is 0 Å². The first-order valence-corrected chi connectivity index (χ1v) is 8.10. The van der Waals surface area contributed by atoms with Crippen molar-refractivity contribution in [3.63, 3.8) is 0 Å². The summed E-state index contributed by atoms with van der Waals surface area (Å²) in [7, 11) is 0. The minimum absolute atomic E-state index is 0.0653. The molecule has 2 rings (SSSR count). The van der Waals surface area contributed by atoms with Crippen LogP contribution >= 0.6 is 0 Å². The summed E-state index contributed by atoms with van der Waals surface area (Å²) in [6.45, 7) is 5.62. The standard InChI is InChI=1S/C18H24O5/c1-4-5-6-9-22-15-10-12-7-8-14(19)13(12)11-16(15)23-18(2,3)17(20)21/h10-11H,4-9H2,1-3H3,(H,20,21). The molecule has 126 valence electrons. The average molecular weight is 320 g/mol. The van der Waals surface area contributed by atoms with E-state index in [0.717, 1.165) is 24.8 Å². The van der Waals surface area contributed by atoms with Gasteiger partial charge in [-0.05, 0) is 44.4 Å². The minimum atomic E-state index is -1.39. The van der Waals surface area contributed by atoms with E-state index in [1.807, 2.05) is 6.07 Å². The minimum Gasteiger partial charge on any atom is -0.490 e. The van der Waals surface area contributed by atoms with Crippen LogP contribution in [0.2, 0.25) is 0 Å². The third-order valence-electron chi connectivity index (χ3n) is 3.98. The molecular formula is C18H24O5. The predicted octanol–water partition coefficient (Wildman–Crippen LogP) is 3.63. The quantitative estimate of drug-likeness (QED) is 0.741. The van der Waals surface area contributed by atoms with Gasteiger partial charge < -0.3 is 14.6 Å². The Kier molecular flexibility index (Phi) is 5.29. The Morgan fingerprint density at radius 3 is 2.61 bits per heavy atom. The Hall–Kier alpha value is -2.04. The number of aryl methyl sites for hydroxylation is 1. The number of benzene rings is 1. The molecule has 0 aliphatic heterocycles. The highest BCUT2D eigenvalue weighted by molar-refractivity contribution is 6.01. The number of rotatable bonds is 8. The molecule has 1 aliphatic rings. The zero-order chi connectivity index (χ0) is 17.0. The highest BCUT2D eigenvalue weighted by Gasteiger charge is 2.32. The van der Waals surface area contributed by atoms with Crippen LogP contribution in [0.3, 0.4) is 0 Å². The van der Waals surface area contributed by atoms with Crippen molar-refractivity contribution in [2.45, 2.75) is 58.5 Å². The lowest BCUT2D eigenvalue weighted by Crippen LogP contribution is -2.38. The number of carboxylic acid groups (broad SMARTS) is 1. The predicted molar refractivity (Wildman–Crippen MR) is 86.5 cm³/mol. The van der Waals surface area contributed by atoms with Crippen molar-refractivity contribution in [3.8, 4) is 11.5 Å². The molecule has 0 spiro atoms. The Balaban J connectivity index is 2.27. The second-order valence-electron chi connectivity index (χ2n) is 6.35. The van der Waals surface area contributed by atoms with Gasteiger partial charge in [0, 0.05) is 12.0 Å². The SMILES string of the molecule is CCCCCOc1cc2c(cc1OC(C)(C)C(=O)O)C(=O)CC2. The lowest BCUT2D eigenvalue weighted by Gasteiger charge is -2.24. The molecule has 1 aromatic rings. The second kappa shape index (κ2) is 7.02. The second-order valence-corrected chi connectivity index (χ2v) is 6.35. The van der Waals surface area contributed by atoms with Crippen molar-refractivity contribution in [2.75, 3.05) is 6.61 Å². The molecule has 0 bridgehead atoms. The number of Topliss-reactive ketones (excluding diaryl/α,β-unsaturated/α-hetero) is 1. The van der Waals surface area contributed by atoms with Crippen molar-refractivity contribution in [1.82, 2.24) is 0 Å². The van der Waals surface area contributed by atoms with Crippen LogP contribution in [0, 0.1) is 0 Å². The number of ether oxygens (including phenoxy) is 2. The number of carbonyl (C=O) groups is 2. The molecule has 1 aromatic carbocycles. The molecule has 1 N–H and O–H groups in total. The maximum Gasteiger partial charge on any atom is 0.347 e. The fourth-order valence-electron chi connectivity index (χ4n) is 2.50. The fraction of sp³-hybridized carbons (Fsp3) is 0.556. The summed E-state index contributed by atoms with van der Waals surface area (Å²) in [5.41, 5.74) is 0.167. The van der Waals surface area contributed by atoms with E-state index in [1.165, 1.54) is 13.8 Å². The van der Waals surface area contributed by atoms with E-state index in [0.29, 0.717) is 36.5 Å². The molecular weight excluding hydrogens is 296 g/mol. The number of unbranched alkanes of at least 4 members (excludes halogenated alkanes) is 2. The molecule has 0 saturated carbocycles. The van der Waals surface area contributed by atoms with E-state index in [4.69, 9.17) is 9.47 Å². The number of carboxylic acids is 1. The van der Waals surface area contributed by atoms with Gasteiger partial charge in [0.2, 0.25) is 0 Å². The van der Waals surface area contributed by atoms with Gasteiger partial charge in [-0.1, -0.05) is 19.8 Å². The molecule has 5 nitrogen and oxygen atoms in total. The lowest BCUT2D eigenvalue weighted by atomic mass is 10.1. The molecule has 23 heavy (non-hydrogen) atoms. The Bertz CT molecular complexity index is 604. The summed E-state index contributed by atoms with van der Waals surface area (Å²) in [5.74, 6) is -0.163. The van der Waals surface area contributed by atoms with Crippen molar-refractivity contribution >= 4 is 11.8 Å². The maximum atomic E-state index is 11.9. The Labute approximate surface area is 136 Å². The Morgan fingerprint density at radius 1 is 1.22 bits per heavy atom. The number of hydrogen-bond acceptors (Lipinski definition) is 4. The smallest absolute Gasteiger partial charge is 0.347 e. The van der Waals surface area contributed by atoms with E-state index >= 15 is 0 Å². The van der Waals surface area contributed by atoms with Gasteiger partial charge in [0.05, 0.1) is 6.61 Å². The van der Waals surface area contributed by atoms with E-state index in [1.54, 1.807) is 6.07 Å². The van der Waals surface area contributed by atoms with Crippen molar-refractivity contribution in [2.24, 2.45) is 0 Å². The highest BCUT2D eigenvalue weighted by atomic mass is 16.5. The first kappa shape index (κ1) is 17.3. The summed E-state index contributed by atoms with van der Waals surface area (Å²) in [4.78, 5) is 23.2. The lowest BCUT2D eigenvalue weighted by molar-refractivity contribution is -0.152. The summed E-state index contributed by atoms with van der Waals surface area (Å²) in [6.07, 6.45) is 4.27. The van der Waals surface area contributed by atoms with Crippen LogP contribution in [-0.4, -0.2) is 29.1 Å². The summed E-state index contributed by atoms with van der Waals surface area (Å²) in [6, 6.07) is 3.45. The number of aliphatic carboxylic acids is 1. The van der Waals surface area contributed by atoms with Crippen LogP contribution in [0.1, 0.15) is 62.4 Å². The van der Waals surface area contributed by atoms with E-state index in [9.17, 15) is 14.7 Å². The summed E-state index contributed by atoms with van der Waals surface area (Å²) >= 11 is 0. The molecule has 0 aromatic heterocycles. The highest BCUT2D eigenvalue weighted by Crippen LogP contribution is 2.37. The third kappa shape index (κ3) is 4.03. The topological polar surface area (TPSA) is 72.8 Å². The van der Waals surface area contributed by atoms with Gasteiger partial charge in [-0.2, -0.15) is 0 Å². The number of carbonyl (C=O) groups excluding carboxylic acids is 1. The first-order chi connectivity index (χ1) is 10.8. The van der Waals surface area contributed by atoms with Gasteiger partial charge in [-0.3, -0.25) is 4.79 Å². The third-order valence-corrected chi connectivity index (χ3v) is 3.98. The first-order valence-electron chi connectivity index (χ1n) is 8.10. The van der Waals surface area contributed by atoms with Gasteiger partial charge in [-0.25, -0.2) is 4.79 Å². The summed E-state index contributed by atoms with van der Waals surface area (Å²) < 4.78 is 11.4. The van der Waals surface area contributed by atoms with Crippen LogP contribution < -0.4 is 9.47 Å². The molecule has 0 atom stereocenters. The monoisotopic (exact) mass is 320 g/mol. The molecule has 0 amide bonds. The number of hydrogen-bond donors (Lipinski definition) is 1. The van der Waals surface area contributed by atoms with E-state index in [-0.39, 0.29) is 5.78 Å². The van der Waals surface area contributed by atoms with Crippen molar-refractivity contribution in [1.29, 1.82) is 0 Å². The normalized spacial score (nSPS) is 13.8. The Morgan fingerprint density at radius 2 is 1.96 bits per heavy atom. The van der Waals surface area contributed by atoms with Gasteiger partial charge in [-0.15, -0.1) is 0 Å². The van der Waals surface area contributed by atoms with Crippen LogP contribution in [0.4, 0.5) is 0 Å². The van der Waals surface area contributed by atoms with E-state index in [2.05, 4.69) is 6.92 Å². The molecule has 1 aliphatic carbocycles. The average Bonchev–Trinajstić information content (AvgIpc) is 2.84. The van der Waals surface area contributed by atoms with Crippen LogP contribution in [0.5, 0.6) is 11.5 Å². The number of fused-ring (bicyclic) bond motifs is 1. The van der Waals surface area contributed by atoms with Gasteiger partial charge in [0.25, 0.3) is 0 Å².